The smallest absolute Gasteiger partial charge is 0.254 e. The lowest BCUT2D eigenvalue weighted by atomic mass is 10.1. The molecule has 0 unspecified atom stereocenters. The Morgan fingerprint density at radius 2 is 2.15 bits per heavy atom. The molecule has 0 aliphatic carbocycles. The number of hydrogen-bond acceptors (Lipinski definition) is 1. The van der Waals surface area contributed by atoms with Crippen LogP contribution < -0.4 is 0 Å². The first kappa shape index (κ1) is 8.75. The van der Waals surface area contributed by atoms with Crippen LogP contribution in [0.4, 0.5) is 0 Å². The van der Waals surface area contributed by atoms with Gasteiger partial charge < -0.3 is 4.90 Å². The van der Waals surface area contributed by atoms with Crippen LogP contribution in [0, 0.1) is 6.92 Å². The molecule has 0 N–H and O–H groups in total. The van der Waals surface area contributed by atoms with E-state index in [1.807, 2.05) is 30.0 Å². The van der Waals surface area contributed by atoms with Crippen LogP contribution in [0.15, 0.2) is 22.7 Å². The van der Waals surface area contributed by atoms with Gasteiger partial charge in [0.1, 0.15) is 0 Å². The summed E-state index contributed by atoms with van der Waals surface area (Å²) in [6.45, 7) is 3.78. The highest BCUT2D eigenvalue weighted by Gasteiger charge is 2.26. The molecule has 0 radical (unpaired) electrons. The van der Waals surface area contributed by atoms with Crippen LogP contribution in [-0.4, -0.2) is 23.9 Å². The van der Waals surface area contributed by atoms with Crippen molar-refractivity contribution in [2.75, 3.05) is 13.1 Å². The van der Waals surface area contributed by atoms with Crippen LogP contribution in [-0.2, 0) is 0 Å². The van der Waals surface area contributed by atoms with Gasteiger partial charge in [-0.25, -0.2) is 0 Å². The van der Waals surface area contributed by atoms with Crippen molar-refractivity contribution < 1.29 is 4.79 Å². The minimum Gasteiger partial charge on any atom is -0.335 e. The first-order valence-electron chi connectivity index (χ1n) is 4.24. The first-order valence-corrected chi connectivity index (χ1v) is 5.03. The molecule has 13 heavy (non-hydrogen) atoms. The van der Waals surface area contributed by atoms with E-state index in [-0.39, 0.29) is 5.91 Å². The third kappa shape index (κ3) is 1.75. The maximum absolute atomic E-state index is 11.7. The van der Waals surface area contributed by atoms with E-state index in [0.29, 0.717) is 0 Å². The van der Waals surface area contributed by atoms with Crippen molar-refractivity contribution in [2.24, 2.45) is 0 Å². The van der Waals surface area contributed by atoms with E-state index in [0.717, 1.165) is 28.7 Å². The molecular weight excluding hydrogens is 230 g/mol. The number of benzene rings is 1. The summed E-state index contributed by atoms with van der Waals surface area (Å²) in [4.78, 5) is 13.5. The predicted octanol–water partition coefficient (Wildman–Crippen LogP) is 2.21. The topological polar surface area (TPSA) is 20.1 Å². The Labute approximate surface area is 85.7 Å². The Morgan fingerprint density at radius 1 is 1.46 bits per heavy atom. The third-order valence-corrected chi connectivity index (χ3v) is 2.66. The van der Waals surface area contributed by atoms with Crippen molar-refractivity contribution in [1.82, 2.24) is 4.90 Å². The highest BCUT2D eigenvalue weighted by molar-refractivity contribution is 9.10. The average Bonchev–Trinajstić information content (AvgIpc) is 2.91. The van der Waals surface area contributed by atoms with Gasteiger partial charge >= 0.3 is 0 Å². The zero-order chi connectivity index (χ0) is 9.42. The van der Waals surface area contributed by atoms with Gasteiger partial charge in [0.15, 0.2) is 0 Å². The number of hydrogen-bond donors (Lipinski definition) is 0. The van der Waals surface area contributed by atoms with Gasteiger partial charge in [-0.15, -0.1) is 0 Å². The molecule has 1 aliphatic rings. The van der Waals surface area contributed by atoms with Gasteiger partial charge in [-0.1, -0.05) is 22.0 Å². The Kier molecular flexibility index (Phi) is 2.12. The van der Waals surface area contributed by atoms with Crippen LogP contribution in [0.1, 0.15) is 15.9 Å². The Balaban J connectivity index is 2.37. The summed E-state index contributed by atoms with van der Waals surface area (Å²) in [6, 6.07) is 5.80. The quantitative estimate of drug-likeness (QED) is 0.689. The molecule has 68 valence electrons. The molecule has 0 bridgehead atoms. The van der Waals surface area contributed by atoms with Gasteiger partial charge in [0.25, 0.3) is 5.91 Å². The van der Waals surface area contributed by atoms with Crippen LogP contribution in [0.25, 0.3) is 0 Å². The molecular formula is C10H10BrNO. The molecule has 1 saturated heterocycles. The Bertz CT molecular complexity index is 358. The number of rotatable bonds is 1. The van der Waals surface area contributed by atoms with E-state index in [2.05, 4.69) is 15.9 Å². The lowest BCUT2D eigenvalue weighted by molar-refractivity contribution is 0.0885. The van der Waals surface area contributed by atoms with Crippen molar-refractivity contribution in [3.8, 4) is 0 Å². The highest BCUT2D eigenvalue weighted by atomic mass is 79.9. The molecule has 2 rings (SSSR count). The second-order valence-electron chi connectivity index (χ2n) is 3.25. The molecule has 1 aromatic rings. The number of carbonyl (C=O) groups is 1. The van der Waals surface area contributed by atoms with E-state index in [4.69, 9.17) is 0 Å². The van der Waals surface area contributed by atoms with Crippen molar-refractivity contribution in [1.29, 1.82) is 0 Å². The maximum atomic E-state index is 11.7. The first-order chi connectivity index (χ1) is 6.18. The molecule has 0 spiro atoms. The summed E-state index contributed by atoms with van der Waals surface area (Å²) < 4.78 is 0.961. The van der Waals surface area contributed by atoms with Gasteiger partial charge in [0.05, 0.1) is 0 Å². The normalized spacial score (nSPS) is 14.5. The molecule has 2 nitrogen and oxygen atoms in total. The Hall–Kier alpha value is -0.830. The van der Waals surface area contributed by atoms with Crippen molar-refractivity contribution in [3.63, 3.8) is 0 Å². The predicted molar refractivity (Wildman–Crippen MR) is 54.8 cm³/mol. The van der Waals surface area contributed by atoms with Crippen LogP contribution in [0.3, 0.4) is 0 Å². The summed E-state index contributed by atoms with van der Waals surface area (Å²) in [5.41, 5.74) is 1.85. The summed E-state index contributed by atoms with van der Waals surface area (Å²) in [6.07, 6.45) is 0. The SMILES string of the molecule is Cc1ccc(Br)cc1C(=O)N1CC1. The van der Waals surface area contributed by atoms with Gasteiger partial charge in [-0.05, 0) is 24.6 Å². The summed E-state index contributed by atoms with van der Waals surface area (Å²) in [5.74, 6) is 0.152. The van der Waals surface area contributed by atoms with Crippen LogP contribution in [0.2, 0.25) is 0 Å². The largest absolute Gasteiger partial charge is 0.335 e. The summed E-state index contributed by atoms with van der Waals surface area (Å²) >= 11 is 3.36. The van der Waals surface area contributed by atoms with E-state index >= 15 is 0 Å². The number of aryl methyl sites for hydroxylation is 1. The molecule has 0 saturated carbocycles. The zero-order valence-corrected chi connectivity index (χ0v) is 8.97. The standard InChI is InChI=1S/C10H10BrNO/c1-7-2-3-8(11)6-9(7)10(13)12-4-5-12/h2-3,6H,4-5H2,1H3. The van der Waals surface area contributed by atoms with E-state index in [9.17, 15) is 4.79 Å². The third-order valence-electron chi connectivity index (χ3n) is 2.16. The van der Waals surface area contributed by atoms with E-state index < -0.39 is 0 Å². The molecule has 0 atom stereocenters. The van der Waals surface area contributed by atoms with Gasteiger partial charge in [-0.3, -0.25) is 4.79 Å². The van der Waals surface area contributed by atoms with Gasteiger partial charge in [0, 0.05) is 23.1 Å². The van der Waals surface area contributed by atoms with Gasteiger partial charge in [-0.2, -0.15) is 0 Å². The highest BCUT2D eigenvalue weighted by Crippen LogP contribution is 2.20. The minimum absolute atomic E-state index is 0.152. The lowest BCUT2D eigenvalue weighted by Gasteiger charge is -2.05. The number of halogens is 1. The minimum atomic E-state index is 0.152. The molecule has 1 aliphatic heterocycles. The zero-order valence-electron chi connectivity index (χ0n) is 7.38. The van der Waals surface area contributed by atoms with Crippen molar-refractivity contribution in [2.45, 2.75) is 6.92 Å². The monoisotopic (exact) mass is 239 g/mol. The summed E-state index contributed by atoms with van der Waals surface area (Å²) in [7, 11) is 0. The van der Waals surface area contributed by atoms with Crippen molar-refractivity contribution in [3.05, 3.63) is 33.8 Å². The molecule has 1 fully saturated rings. The molecule has 1 amide bonds. The van der Waals surface area contributed by atoms with Crippen molar-refractivity contribution >= 4 is 21.8 Å². The second kappa shape index (κ2) is 3.14. The number of nitrogens with zero attached hydrogens (tertiary/aromatic N) is 1. The molecule has 3 heteroatoms. The Morgan fingerprint density at radius 3 is 2.77 bits per heavy atom. The van der Waals surface area contributed by atoms with Crippen LogP contribution in [0.5, 0.6) is 0 Å². The van der Waals surface area contributed by atoms with E-state index in [1.54, 1.807) is 0 Å². The average molecular weight is 240 g/mol. The second-order valence-corrected chi connectivity index (χ2v) is 4.17. The fraction of sp³-hybridized carbons (Fsp3) is 0.300. The fourth-order valence-electron chi connectivity index (χ4n) is 1.25. The lowest BCUT2D eigenvalue weighted by Crippen LogP contribution is -2.11. The fourth-order valence-corrected chi connectivity index (χ4v) is 1.61. The maximum Gasteiger partial charge on any atom is 0.254 e. The number of carbonyl (C=O) groups excluding carboxylic acids is 1. The summed E-state index contributed by atoms with van der Waals surface area (Å²) in [5, 5.41) is 0. The van der Waals surface area contributed by atoms with E-state index in [1.165, 1.54) is 0 Å². The molecule has 0 aromatic heterocycles. The molecule has 1 heterocycles. The van der Waals surface area contributed by atoms with Gasteiger partial charge in [0.2, 0.25) is 0 Å². The number of amides is 1. The molecule has 1 aromatic carbocycles. The van der Waals surface area contributed by atoms with Crippen LogP contribution >= 0.6 is 15.9 Å².